The molecule has 3 atom stereocenters. The predicted octanol–water partition coefficient (Wildman–Crippen LogP) is 3.53. The van der Waals surface area contributed by atoms with E-state index in [-0.39, 0.29) is 11.9 Å². The van der Waals surface area contributed by atoms with Gasteiger partial charge in [0.2, 0.25) is 5.91 Å². The lowest BCUT2D eigenvalue weighted by Crippen LogP contribution is -2.35. The average molecular weight is 395 g/mol. The molecule has 2 heterocycles. The zero-order valence-corrected chi connectivity index (χ0v) is 17.5. The highest BCUT2D eigenvalue weighted by molar-refractivity contribution is 5.74. The first kappa shape index (κ1) is 19.8. The van der Waals surface area contributed by atoms with Crippen LogP contribution in [0.25, 0.3) is 0 Å². The van der Waals surface area contributed by atoms with Crippen LogP contribution in [-0.2, 0) is 4.79 Å². The molecule has 2 aliphatic heterocycles. The Hall–Kier alpha value is -2.53. The summed E-state index contributed by atoms with van der Waals surface area (Å²) in [6, 6.07) is 16.4. The molecule has 0 N–H and O–H groups in total. The number of aryl methyl sites for hydroxylation is 1. The smallest absolute Gasteiger partial charge is 0.219 e. The van der Waals surface area contributed by atoms with Crippen LogP contribution < -0.4 is 9.47 Å². The molecule has 0 unspecified atom stereocenters. The summed E-state index contributed by atoms with van der Waals surface area (Å²) in [4.78, 5) is 16.9. The number of hydrogen-bond donors (Lipinski definition) is 0. The molecule has 0 aromatic heterocycles. The molecule has 2 aromatic rings. The van der Waals surface area contributed by atoms with Crippen LogP contribution in [0.3, 0.4) is 0 Å². The van der Waals surface area contributed by atoms with Gasteiger partial charge in [-0.1, -0.05) is 30.3 Å². The minimum Gasteiger partial charge on any atom is -0.497 e. The number of amides is 1. The van der Waals surface area contributed by atoms with Crippen LogP contribution in [-0.4, -0.2) is 55.6 Å². The van der Waals surface area contributed by atoms with Crippen LogP contribution >= 0.6 is 0 Å². The van der Waals surface area contributed by atoms with Crippen molar-refractivity contribution >= 4 is 5.91 Å². The zero-order chi connectivity index (χ0) is 20.4. The highest BCUT2D eigenvalue weighted by Crippen LogP contribution is 2.45. The zero-order valence-electron chi connectivity index (χ0n) is 17.5. The lowest BCUT2D eigenvalue weighted by Gasteiger charge is -2.30. The molecule has 0 bridgehead atoms. The van der Waals surface area contributed by atoms with E-state index in [0.29, 0.717) is 18.4 Å². The summed E-state index contributed by atoms with van der Waals surface area (Å²) in [6.45, 7) is 8.28. The molecular weight excluding hydrogens is 364 g/mol. The van der Waals surface area contributed by atoms with E-state index >= 15 is 0 Å². The number of benzene rings is 2. The SMILES string of the molecule is COc1cccc(OCCN2C[C@@H]3CN(C(C)=O)[C@H](c4ccccc4C)[C@@H]3C2)c1. The maximum atomic E-state index is 12.3. The molecule has 2 aromatic carbocycles. The fourth-order valence-electron chi connectivity index (χ4n) is 4.94. The van der Waals surface area contributed by atoms with Gasteiger partial charge in [0.15, 0.2) is 0 Å². The quantitative estimate of drug-likeness (QED) is 0.752. The van der Waals surface area contributed by atoms with E-state index in [9.17, 15) is 4.79 Å². The standard InChI is InChI=1S/C24H30N2O3/c1-17-7-4-5-10-22(17)24-23-16-25(14-19(23)15-26(24)18(2)27)11-12-29-21-9-6-8-20(13-21)28-3/h4-10,13,19,23-24H,11-12,14-16H2,1-3H3/t19-,23-,24-/m1/s1. The largest absolute Gasteiger partial charge is 0.497 e. The number of fused-ring (bicyclic) bond motifs is 1. The lowest BCUT2D eigenvalue weighted by atomic mass is 9.87. The van der Waals surface area contributed by atoms with Crippen LogP contribution in [0.5, 0.6) is 11.5 Å². The van der Waals surface area contributed by atoms with Crippen molar-refractivity contribution in [1.29, 1.82) is 0 Å². The lowest BCUT2D eigenvalue weighted by molar-refractivity contribution is -0.130. The topological polar surface area (TPSA) is 42.0 Å². The predicted molar refractivity (Wildman–Crippen MR) is 113 cm³/mol. The molecular formula is C24H30N2O3. The van der Waals surface area contributed by atoms with Crippen LogP contribution in [0, 0.1) is 18.8 Å². The molecule has 0 aliphatic carbocycles. The third-order valence-electron chi connectivity index (χ3n) is 6.37. The Balaban J connectivity index is 1.40. The third-order valence-corrected chi connectivity index (χ3v) is 6.37. The highest BCUT2D eigenvalue weighted by atomic mass is 16.5. The average Bonchev–Trinajstić information content (AvgIpc) is 3.26. The molecule has 2 aliphatic rings. The van der Waals surface area contributed by atoms with Gasteiger partial charge in [0, 0.05) is 45.1 Å². The molecule has 0 spiro atoms. The fourth-order valence-corrected chi connectivity index (χ4v) is 4.94. The van der Waals surface area contributed by atoms with Crippen molar-refractivity contribution < 1.29 is 14.3 Å². The van der Waals surface area contributed by atoms with Crippen molar-refractivity contribution in [2.75, 3.05) is 39.9 Å². The van der Waals surface area contributed by atoms with Crippen molar-refractivity contribution in [3.8, 4) is 11.5 Å². The second-order valence-corrected chi connectivity index (χ2v) is 8.18. The van der Waals surface area contributed by atoms with Crippen molar-refractivity contribution in [2.45, 2.75) is 19.9 Å². The van der Waals surface area contributed by atoms with Crippen LogP contribution in [0.15, 0.2) is 48.5 Å². The van der Waals surface area contributed by atoms with Gasteiger partial charge in [-0.3, -0.25) is 9.69 Å². The Morgan fingerprint density at radius 2 is 1.86 bits per heavy atom. The molecule has 0 saturated carbocycles. The summed E-state index contributed by atoms with van der Waals surface area (Å²) in [5.41, 5.74) is 2.56. The summed E-state index contributed by atoms with van der Waals surface area (Å²) in [5.74, 6) is 2.84. The first-order valence-corrected chi connectivity index (χ1v) is 10.4. The Morgan fingerprint density at radius 1 is 1.07 bits per heavy atom. The number of hydrogen-bond acceptors (Lipinski definition) is 4. The van der Waals surface area contributed by atoms with Gasteiger partial charge in [0.1, 0.15) is 18.1 Å². The Bertz CT molecular complexity index is 869. The second-order valence-electron chi connectivity index (χ2n) is 8.18. The molecule has 5 heteroatoms. The number of rotatable bonds is 6. The summed E-state index contributed by atoms with van der Waals surface area (Å²) in [6.07, 6.45) is 0. The molecule has 0 radical (unpaired) electrons. The first-order valence-electron chi connectivity index (χ1n) is 10.4. The summed E-state index contributed by atoms with van der Waals surface area (Å²) < 4.78 is 11.2. The summed E-state index contributed by atoms with van der Waals surface area (Å²) >= 11 is 0. The van der Waals surface area contributed by atoms with Crippen LogP contribution in [0.4, 0.5) is 0 Å². The summed E-state index contributed by atoms with van der Waals surface area (Å²) in [7, 11) is 1.66. The van der Waals surface area contributed by atoms with Crippen molar-refractivity contribution in [2.24, 2.45) is 11.8 Å². The van der Waals surface area contributed by atoms with Gasteiger partial charge in [0.05, 0.1) is 13.2 Å². The maximum Gasteiger partial charge on any atom is 0.219 e. The van der Waals surface area contributed by atoms with E-state index in [4.69, 9.17) is 9.47 Å². The van der Waals surface area contributed by atoms with Crippen molar-refractivity contribution in [3.63, 3.8) is 0 Å². The Kier molecular flexibility index (Phi) is 5.76. The van der Waals surface area contributed by atoms with E-state index in [0.717, 1.165) is 37.7 Å². The highest BCUT2D eigenvalue weighted by Gasteiger charge is 2.48. The fraction of sp³-hybridized carbons (Fsp3) is 0.458. The minimum absolute atomic E-state index is 0.181. The van der Waals surface area contributed by atoms with Crippen molar-refractivity contribution in [1.82, 2.24) is 9.80 Å². The van der Waals surface area contributed by atoms with Gasteiger partial charge < -0.3 is 14.4 Å². The minimum atomic E-state index is 0.181. The first-order chi connectivity index (χ1) is 14.1. The number of ether oxygens (including phenoxy) is 2. The molecule has 2 fully saturated rings. The second kappa shape index (κ2) is 8.46. The third kappa shape index (κ3) is 4.10. The van der Waals surface area contributed by atoms with Gasteiger partial charge in [-0.25, -0.2) is 0 Å². The molecule has 154 valence electrons. The van der Waals surface area contributed by atoms with E-state index < -0.39 is 0 Å². The van der Waals surface area contributed by atoms with Gasteiger partial charge >= 0.3 is 0 Å². The van der Waals surface area contributed by atoms with E-state index in [1.807, 2.05) is 24.3 Å². The normalized spacial score (nSPS) is 23.8. The van der Waals surface area contributed by atoms with Gasteiger partial charge in [-0.15, -0.1) is 0 Å². The van der Waals surface area contributed by atoms with E-state index in [2.05, 4.69) is 41.0 Å². The number of nitrogens with zero attached hydrogens (tertiary/aromatic N) is 2. The number of carbonyl (C=O) groups is 1. The monoisotopic (exact) mass is 394 g/mol. The van der Waals surface area contributed by atoms with Gasteiger partial charge in [-0.05, 0) is 36.1 Å². The summed E-state index contributed by atoms with van der Waals surface area (Å²) in [5, 5.41) is 0. The van der Waals surface area contributed by atoms with Gasteiger partial charge in [-0.2, -0.15) is 0 Å². The number of likely N-dealkylation sites (tertiary alicyclic amines) is 2. The van der Waals surface area contributed by atoms with Crippen molar-refractivity contribution in [3.05, 3.63) is 59.7 Å². The van der Waals surface area contributed by atoms with Crippen LogP contribution in [0.1, 0.15) is 24.1 Å². The maximum absolute atomic E-state index is 12.3. The molecule has 4 rings (SSSR count). The number of methoxy groups -OCH3 is 1. The van der Waals surface area contributed by atoms with Crippen LogP contribution in [0.2, 0.25) is 0 Å². The molecule has 5 nitrogen and oxygen atoms in total. The molecule has 29 heavy (non-hydrogen) atoms. The Labute approximate surface area is 173 Å². The molecule has 2 saturated heterocycles. The van der Waals surface area contributed by atoms with Gasteiger partial charge in [0.25, 0.3) is 0 Å². The van der Waals surface area contributed by atoms with E-state index in [1.54, 1.807) is 14.0 Å². The Morgan fingerprint density at radius 3 is 2.62 bits per heavy atom. The van der Waals surface area contributed by atoms with E-state index in [1.165, 1.54) is 11.1 Å². The molecule has 1 amide bonds. The number of carbonyl (C=O) groups excluding carboxylic acids is 1.